The molecule has 0 amide bonds. The molecular formula is C8H12NOZn. The molecule has 57 valence electrons. The van der Waals surface area contributed by atoms with Crippen LogP contribution in [0.2, 0.25) is 5.02 Å². The van der Waals surface area contributed by atoms with Crippen molar-refractivity contribution in [2.75, 3.05) is 0 Å². The van der Waals surface area contributed by atoms with Gasteiger partial charge in [0.2, 0.25) is 0 Å². The monoisotopic (exact) mass is 202 g/mol. The Morgan fingerprint density at radius 3 is 2.55 bits per heavy atom. The predicted molar refractivity (Wildman–Crippen MR) is 41.7 cm³/mol. The van der Waals surface area contributed by atoms with Gasteiger partial charge in [0.15, 0.2) is 0 Å². The maximum absolute atomic E-state index is 5.79. The standard InChI is InChI=1S/C6H6O.C2H5.H2N.Zn/c7-6-4-2-1-3-5-6;1-2;;/h1-5,7H;1H2,2H3;1H2;/q;;-1;+2/p-1. The van der Waals surface area contributed by atoms with E-state index in [-0.39, 0.29) is 0 Å². The van der Waals surface area contributed by atoms with Gasteiger partial charge in [0.1, 0.15) is 0 Å². The number of rotatable bonds is 3. The fourth-order valence-electron chi connectivity index (χ4n) is 0.833. The molecule has 0 spiro atoms. The molecule has 0 saturated heterocycles. The van der Waals surface area contributed by atoms with Crippen LogP contribution in [-0.4, -0.2) is 0 Å². The molecule has 1 aromatic carbocycles. The summed E-state index contributed by atoms with van der Waals surface area (Å²) in [5, 5.41) is 1.04. The fourth-order valence-corrected chi connectivity index (χ4v) is 2.56. The summed E-state index contributed by atoms with van der Waals surface area (Å²) in [6, 6.07) is 9.80. The normalized spacial score (nSPS) is 9.27. The average Bonchev–Trinajstić information content (AvgIpc) is 2.06. The van der Waals surface area contributed by atoms with E-state index in [1.807, 2.05) is 30.3 Å². The van der Waals surface area contributed by atoms with Gasteiger partial charge >= 0.3 is 72.6 Å². The van der Waals surface area contributed by atoms with Crippen LogP contribution in [0.1, 0.15) is 6.92 Å². The molecule has 0 heterocycles. The van der Waals surface area contributed by atoms with E-state index in [0.29, 0.717) is 0 Å². The van der Waals surface area contributed by atoms with E-state index in [1.165, 1.54) is 0 Å². The molecule has 11 heavy (non-hydrogen) atoms. The first-order valence-electron chi connectivity index (χ1n) is 4.02. The Kier molecular flexibility index (Phi) is 3.54. The van der Waals surface area contributed by atoms with Crippen LogP contribution in [0.15, 0.2) is 30.3 Å². The van der Waals surface area contributed by atoms with Crippen molar-refractivity contribution < 1.29 is 20.1 Å². The van der Waals surface area contributed by atoms with Crippen LogP contribution in [0.25, 0.3) is 0 Å². The van der Waals surface area contributed by atoms with Gasteiger partial charge in [-0.2, -0.15) is 0 Å². The Balaban J connectivity index is 2.51. The van der Waals surface area contributed by atoms with Gasteiger partial charge in [-0.3, -0.25) is 0 Å². The number of hydrogen-bond acceptors (Lipinski definition) is 2. The zero-order valence-corrected chi connectivity index (χ0v) is 9.75. The average molecular weight is 204 g/mol. The summed E-state index contributed by atoms with van der Waals surface area (Å²) in [4.78, 5) is 0. The van der Waals surface area contributed by atoms with Crippen molar-refractivity contribution >= 4 is 0 Å². The molecule has 0 aliphatic heterocycles. The Morgan fingerprint density at radius 2 is 2.00 bits per heavy atom. The molecule has 0 unspecified atom stereocenters. The first kappa shape index (κ1) is 8.70. The van der Waals surface area contributed by atoms with Gasteiger partial charge in [0.05, 0.1) is 0 Å². The minimum absolute atomic E-state index is 0.928. The summed E-state index contributed by atoms with van der Waals surface area (Å²) in [5.41, 5.74) is 0. The third kappa shape index (κ3) is 3.00. The number of benzene rings is 1. The van der Waals surface area contributed by atoms with Crippen LogP contribution in [0.4, 0.5) is 0 Å². The van der Waals surface area contributed by atoms with Gasteiger partial charge < -0.3 is 0 Å². The summed E-state index contributed by atoms with van der Waals surface area (Å²) >= 11 is -2.02. The van der Waals surface area contributed by atoms with E-state index >= 15 is 0 Å². The van der Waals surface area contributed by atoms with E-state index in [4.69, 9.17) is 8.04 Å². The van der Waals surface area contributed by atoms with Gasteiger partial charge in [-0.15, -0.1) is 0 Å². The SMILES string of the molecule is C[CH2][Zn]([NH2])[O]c1ccccc1. The van der Waals surface area contributed by atoms with E-state index < -0.39 is 16.5 Å². The first-order valence-corrected chi connectivity index (χ1v) is 9.04. The molecule has 0 radical (unpaired) electrons. The molecular weight excluding hydrogens is 191 g/mol. The van der Waals surface area contributed by atoms with Crippen molar-refractivity contribution in [2.24, 2.45) is 4.48 Å². The number of nitrogens with two attached hydrogens (primary N) is 1. The van der Waals surface area contributed by atoms with Crippen molar-refractivity contribution in [3.63, 3.8) is 0 Å². The molecule has 2 N–H and O–H groups in total. The third-order valence-corrected chi connectivity index (χ3v) is 5.13. The van der Waals surface area contributed by atoms with Gasteiger partial charge in [0, 0.05) is 0 Å². The molecule has 0 bridgehead atoms. The summed E-state index contributed by atoms with van der Waals surface area (Å²) < 4.78 is 11.3. The van der Waals surface area contributed by atoms with Crippen molar-refractivity contribution in [3.05, 3.63) is 30.3 Å². The summed E-state index contributed by atoms with van der Waals surface area (Å²) in [5.74, 6) is 0.928. The van der Waals surface area contributed by atoms with Crippen molar-refractivity contribution in [1.29, 1.82) is 0 Å². The van der Waals surface area contributed by atoms with E-state index in [0.717, 1.165) is 10.8 Å². The van der Waals surface area contributed by atoms with Crippen LogP contribution in [0.5, 0.6) is 5.75 Å². The third-order valence-electron chi connectivity index (χ3n) is 1.59. The van der Waals surface area contributed by atoms with E-state index in [2.05, 4.69) is 6.92 Å². The predicted octanol–water partition coefficient (Wildman–Crippen LogP) is 1.91. The number of hydrogen-bond donors (Lipinski definition) is 1. The molecule has 0 aliphatic carbocycles. The maximum atomic E-state index is 5.79. The quantitative estimate of drug-likeness (QED) is 0.762. The van der Waals surface area contributed by atoms with Gasteiger partial charge in [-0.25, -0.2) is 0 Å². The van der Waals surface area contributed by atoms with Gasteiger partial charge in [0.25, 0.3) is 0 Å². The summed E-state index contributed by atoms with van der Waals surface area (Å²) in [7, 11) is 0. The molecule has 0 saturated carbocycles. The Hall–Kier alpha value is -0.397. The molecule has 0 aliphatic rings. The van der Waals surface area contributed by atoms with Crippen LogP contribution in [0.3, 0.4) is 0 Å². The molecule has 0 aromatic heterocycles. The molecule has 0 atom stereocenters. The molecule has 1 aromatic rings. The van der Waals surface area contributed by atoms with Crippen LogP contribution in [0, 0.1) is 0 Å². The molecule has 1 rings (SSSR count). The van der Waals surface area contributed by atoms with E-state index in [1.54, 1.807) is 0 Å². The Labute approximate surface area is 72.9 Å². The molecule has 0 fully saturated rings. The second-order valence-corrected chi connectivity index (χ2v) is 8.09. The minimum atomic E-state index is -2.02. The van der Waals surface area contributed by atoms with Crippen molar-refractivity contribution in [3.8, 4) is 5.75 Å². The van der Waals surface area contributed by atoms with Crippen molar-refractivity contribution in [1.82, 2.24) is 0 Å². The van der Waals surface area contributed by atoms with Crippen LogP contribution < -0.4 is 8.04 Å². The summed E-state index contributed by atoms with van der Waals surface area (Å²) in [6.45, 7) is 2.09. The van der Waals surface area contributed by atoms with Gasteiger partial charge in [-0.05, 0) is 0 Å². The molecule has 2 nitrogen and oxygen atoms in total. The van der Waals surface area contributed by atoms with Gasteiger partial charge in [-0.1, -0.05) is 0 Å². The van der Waals surface area contributed by atoms with E-state index in [9.17, 15) is 0 Å². The zero-order valence-electron chi connectivity index (χ0n) is 6.79. The summed E-state index contributed by atoms with van der Waals surface area (Å²) in [6.07, 6.45) is 0. The Bertz CT molecular complexity index is 203. The fraction of sp³-hybridized carbons (Fsp3) is 0.250. The Morgan fingerprint density at radius 1 is 1.36 bits per heavy atom. The molecule has 3 heteroatoms. The topological polar surface area (TPSA) is 35.2 Å². The second kappa shape index (κ2) is 4.47. The van der Waals surface area contributed by atoms with Crippen molar-refractivity contribution in [2.45, 2.75) is 11.9 Å². The zero-order chi connectivity index (χ0) is 8.10. The second-order valence-electron chi connectivity index (χ2n) is 2.62. The first-order chi connectivity index (χ1) is 5.33. The number of para-hydroxylation sites is 1. The van der Waals surface area contributed by atoms with Crippen LogP contribution in [-0.2, 0) is 16.5 Å². The van der Waals surface area contributed by atoms with Crippen LogP contribution >= 0.6 is 0 Å².